The third-order valence-corrected chi connectivity index (χ3v) is 3.20. The van der Waals surface area contributed by atoms with E-state index in [2.05, 4.69) is 15.3 Å². The van der Waals surface area contributed by atoms with Crippen LogP contribution in [0, 0.1) is 17.5 Å². The van der Waals surface area contributed by atoms with Gasteiger partial charge in [0.25, 0.3) is 0 Å². The first-order valence-electron chi connectivity index (χ1n) is 5.84. The van der Waals surface area contributed by atoms with Crippen molar-refractivity contribution in [1.29, 1.82) is 0 Å². The number of nitrogens with one attached hydrogen (secondary N) is 1. The van der Waals surface area contributed by atoms with Crippen LogP contribution >= 0.6 is 23.7 Å². The Morgan fingerprint density at radius 2 is 1.96 bits per heavy atom. The first-order valence-corrected chi connectivity index (χ1v) is 6.72. The summed E-state index contributed by atoms with van der Waals surface area (Å²) < 4.78 is 39.2. The van der Waals surface area contributed by atoms with Gasteiger partial charge in [-0.2, -0.15) is 4.99 Å². The van der Waals surface area contributed by atoms with E-state index in [0.29, 0.717) is 11.8 Å². The van der Waals surface area contributed by atoms with E-state index in [1.165, 1.54) is 0 Å². The molecule has 2 rings (SSSR count). The maximum atomic E-state index is 13.4. The molecule has 0 bridgehead atoms. The predicted octanol–water partition coefficient (Wildman–Crippen LogP) is 2.07. The highest BCUT2D eigenvalue weighted by atomic mass is 35.5. The summed E-state index contributed by atoms with van der Waals surface area (Å²) in [5.74, 6) is -5.27. The molecular weight excluding hydrogens is 355 g/mol. The lowest BCUT2D eigenvalue weighted by molar-refractivity contribution is -0.115. The number of nitrogens with zero attached hydrogens (tertiary/aromatic N) is 2. The molecule has 1 heterocycles. The van der Waals surface area contributed by atoms with Crippen LogP contribution in [-0.4, -0.2) is 16.9 Å². The molecule has 0 saturated carbocycles. The van der Waals surface area contributed by atoms with E-state index in [-0.39, 0.29) is 29.9 Å². The van der Waals surface area contributed by atoms with E-state index in [1.807, 2.05) is 0 Å². The summed E-state index contributed by atoms with van der Waals surface area (Å²) in [5.41, 5.74) is 10.3. The molecule has 1 amide bonds. The van der Waals surface area contributed by atoms with Crippen LogP contribution in [-0.2, 0) is 11.2 Å². The van der Waals surface area contributed by atoms with Crippen molar-refractivity contribution in [2.75, 3.05) is 5.32 Å². The van der Waals surface area contributed by atoms with Crippen molar-refractivity contribution >= 4 is 46.4 Å². The van der Waals surface area contributed by atoms with Crippen LogP contribution in [0.1, 0.15) is 5.69 Å². The molecule has 11 heteroatoms. The van der Waals surface area contributed by atoms with Gasteiger partial charge in [0.05, 0.1) is 17.8 Å². The molecule has 0 aliphatic carbocycles. The molecule has 5 N–H and O–H groups in total. The standard InChI is InChI=1S/C12H10F3N5OS.ClH/c13-6-1-2-7(10(15)9(6)14)19-8(21)3-5-4-22-12(18-5)20-11(16)17;/h1-2,4H,3H2,(H,19,21)(H4,16,17,18,20);1H. The van der Waals surface area contributed by atoms with Crippen molar-refractivity contribution in [2.24, 2.45) is 16.5 Å². The van der Waals surface area contributed by atoms with Gasteiger partial charge in [-0.1, -0.05) is 0 Å². The van der Waals surface area contributed by atoms with Crippen LogP contribution in [0.25, 0.3) is 0 Å². The van der Waals surface area contributed by atoms with Gasteiger partial charge in [0.2, 0.25) is 11.0 Å². The number of rotatable bonds is 4. The molecule has 1 aromatic heterocycles. The zero-order chi connectivity index (χ0) is 16.3. The van der Waals surface area contributed by atoms with E-state index in [4.69, 9.17) is 11.5 Å². The number of anilines is 1. The molecule has 0 radical (unpaired) electrons. The largest absolute Gasteiger partial charge is 0.370 e. The van der Waals surface area contributed by atoms with Crippen LogP contribution in [0.5, 0.6) is 0 Å². The molecule has 0 fully saturated rings. The zero-order valence-corrected chi connectivity index (χ0v) is 13.0. The number of aliphatic imine (C=N–C) groups is 1. The fourth-order valence-corrected chi connectivity index (χ4v) is 2.23. The molecule has 0 unspecified atom stereocenters. The SMILES string of the molecule is Cl.NC(N)=Nc1nc(CC(=O)Nc2ccc(F)c(F)c2F)cs1. The monoisotopic (exact) mass is 365 g/mol. The van der Waals surface area contributed by atoms with E-state index in [0.717, 1.165) is 17.4 Å². The van der Waals surface area contributed by atoms with Gasteiger partial charge in [-0.15, -0.1) is 23.7 Å². The van der Waals surface area contributed by atoms with Gasteiger partial charge >= 0.3 is 0 Å². The number of hydrogen-bond acceptors (Lipinski definition) is 4. The predicted molar refractivity (Wildman–Crippen MR) is 83.5 cm³/mol. The van der Waals surface area contributed by atoms with E-state index < -0.39 is 29.0 Å². The smallest absolute Gasteiger partial charge is 0.230 e. The number of aromatic nitrogens is 1. The maximum Gasteiger partial charge on any atom is 0.230 e. The Kier molecular flexibility index (Phi) is 6.34. The molecule has 0 atom stereocenters. The minimum atomic E-state index is -1.65. The van der Waals surface area contributed by atoms with Gasteiger partial charge in [0, 0.05) is 5.38 Å². The van der Waals surface area contributed by atoms with Crippen LogP contribution in [0.15, 0.2) is 22.5 Å². The average molecular weight is 366 g/mol. The van der Waals surface area contributed by atoms with Gasteiger partial charge < -0.3 is 16.8 Å². The number of halogens is 4. The average Bonchev–Trinajstić information content (AvgIpc) is 2.85. The topological polar surface area (TPSA) is 106 Å². The Labute approximate surface area is 138 Å². The third-order valence-electron chi connectivity index (χ3n) is 2.42. The Hall–Kier alpha value is -2.33. The van der Waals surface area contributed by atoms with Gasteiger partial charge in [-0.25, -0.2) is 18.2 Å². The quantitative estimate of drug-likeness (QED) is 0.438. The summed E-state index contributed by atoms with van der Waals surface area (Å²) in [7, 11) is 0. The summed E-state index contributed by atoms with van der Waals surface area (Å²) in [5, 5.41) is 3.95. The Bertz CT molecular complexity index is 748. The normalized spacial score (nSPS) is 9.87. The van der Waals surface area contributed by atoms with Crippen molar-refractivity contribution in [2.45, 2.75) is 6.42 Å². The summed E-state index contributed by atoms with van der Waals surface area (Å²) in [4.78, 5) is 19.4. The number of nitrogens with two attached hydrogens (primary N) is 2. The molecule has 0 aliphatic rings. The molecule has 0 spiro atoms. The molecule has 0 saturated heterocycles. The fourth-order valence-electron chi connectivity index (χ4n) is 1.52. The van der Waals surface area contributed by atoms with Crippen molar-refractivity contribution in [3.05, 3.63) is 40.7 Å². The lowest BCUT2D eigenvalue weighted by atomic mass is 10.2. The molecule has 23 heavy (non-hydrogen) atoms. The Morgan fingerprint density at radius 3 is 2.61 bits per heavy atom. The van der Waals surface area contributed by atoms with Crippen molar-refractivity contribution < 1.29 is 18.0 Å². The molecule has 0 aliphatic heterocycles. The van der Waals surface area contributed by atoms with Gasteiger partial charge in [0.15, 0.2) is 23.4 Å². The molecule has 124 valence electrons. The zero-order valence-electron chi connectivity index (χ0n) is 11.3. The minimum absolute atomic E-state index is 0. The van der Waals surface area contributed by atoms with Crippen LogP contribution in [0.2, 0.25) is 0 Å². The van der Waals surface area contributed by atoms with E-state index in [9.17, 15) is 18.0 Å². The number of amides is 1. The molecule has 2 aromatic rings. The second-order valence-corrected chi connectivity index (χ2v) is 4.94. The molecule has 6 nitrogen and oxygen atoms in total. The summed E-state index contributed by atoms with van der Waals surface area (Å²) in [6, 6.07) is 1.64. The molecule has 1 aromatic carbocycles. The first-order chi connectivity index (χ1) is 10.4. The second-order valence-electron chi connectivity index (χ2n) is 4.11. The lowest BCUT2D eigenvalue weighted by Crippen LogP contribution is -2.21. The van der Waals surface area contributed by atoms with Gasteiger partial charge in [-0.3, -0.25) is 4.79 Å². The van der Waals surface area contributed by atoms with Crippen LogP contribution < -0.4 is 16.8 Å². The highest BCUT2D eigenvalue weighted by Gasteiger charge is 2.16. The summed E-state index contributed by atoms with van der Waals surface area (Å²) in [6.07, 6.45) is -0.199. The minimum Gasteiger partial charge on any atom is -0.370 e. The fraction of sp³-hybridized carbons (Fsp3) is 0.0833. The number of benzene rings is 1. The van der Waals surface area contributed by atoms with Crippen molar-refractivity contribution in [3.63, 3.8) is 0 Å². The maximum absolute atomic E-state index is 13.4. The molecular formula is C12H11ClF3N5OS. The summed E-state index contributed by atoms with van der Waals surface area (Å²) in [6.45, 7) is 0. The number of hydrogen-bond donors (Lipinski definition) is 3. The number of guanidine groups is 1. The second kappa shape index (κ2) is 7.79. The van der Waals surface area contributed by atoms with Gasteiger partial charge in [0.1, 0.15) is 0 Å². The first kappa shape index (κ1) is 18.7. The van der Waals surface area contributed by atoms with Crippen molar-refractivity contribution in [3.8, 4) is 0 Å². The van der Waals surface area contributed by atoms with Gasteiger partial charge in [-0.05, 0) is 12.1 Å². The highest BCUT2D eigenvalue weighted by molar-refractivity contribution is 7.13. The third kappa shape index (κ3) is 4.83. The van der Waals surface area contributed by atoms with Crippen molar-refractivity contribution in [1.82, 2.24) is 4.98 Å². The van der Waals surface area contributed by atoms with Crippen LogP contribution in [0.3, 0.4) is 0 Å². The Balaban J connectivity index is 0.00000264. The lowest BCUT2D eigenvalue weighted by Gasteiger charge is -2.06. The highest BCUT2D eigenvalue weighted by Crippen LogP contribution is 2.21. The van der Waals surface area contributed by atoms with Crippen LogP contribution in [0.4, 0.5) is 24.0 Å². The van der Waals surface area contributed by atoms with E-state index in [1.54, 1.807) is 5.38 Å². The summed E-state index contributed by atoms with van der Waals surface area (Å²) >= 11 is 1.11. The number of carbonyl (C=O) groups is 1. The Morgan fingerprint density at radius 1 is 1.26 bits per heavy atom. The number of carbonyl (C=O) groups excluding carboxylic acids is 1. The van der Waals surface area contributed by atoms with E-state index >= 15 is 0 Å². The number of thiazole rings is 1.